The van der Waals surface area contributed by atoms with Crippen LogP contribution < -0.4 is 15.0 Å². The Morgan fingerprint density at radius 3 is 2.38 bits per heavy atom. The first-order valence-corrected chi connectivity index (χ1v) is 12.1. The summed E-state index contributed by atoms with van der Waals surface area (Å²) in [6.07, 6.45) is 1.48. The van der Waals surface area contributed by atoms with Crippen molar-refractivity contribution >= 4 is 39.0 Å². The molecule has 4 aromatic carbocycles. The number of ether oxygens (including phenoxy) is 2. The van der Waals surface area contributed by atoms with Crippen LogP contribution in [0.2, 0.25) is 0 Å². The highest BCUT2D eigenvalue weighted by Gasteiger charge is 2.14. The number of para-hydroxylation sites is 2. The fourth-order valence-corrected chi connectivity index (χ4v) is 3.97. The van der Waals surface area contributed by atoms with Crippen molar-refractivity contribution in [2.24, 2.45) is 5.10 Å². The van der Waals surface area contributed by atoms with Crippen molar-refractivity contribution in [3.63, 3.8) is 0 Å². The summed E-state index contributed by atoms with van der Waals surface area (Å²) in [5.41, 5.74) is 1.88. The molecule has 0 N–H and O–H groups in total. The van der Waals surface area contributed by atoms with Crippen LogP contribution in [-0.2, 0) is 0 Å². The molecule has 0 aliphatic heterocycles. The molecule has 0 atom stereocenters. The van der Waals surface area contributed by atoms with Gasteiger partial charge in [-0.2, -0.15) is 9.78 Å². The first-order chi connectivity index (χ1) is 18.0. The minimum Gasteiger partial charge on any atom is -0.497 e. The highest BCUT2D eigenvalue weighted by atomic mass is 79.9. The number of methoxy groups -OCH3 is 1. The van der Waals surface area contributed by atoms with E-state index in [4.69, 9.17) is 14.5 Å². The zero-order valence-corrected chi connectivity index (χ0v) is 21.3. The van der Waals surface area contributed by atoms with Crippen LogP contribution in [0.15, 0.2) is 111 Å². The summed E-state index contributed by atoms with van der Waals surface area (Å²) in [5, 5.41) is 4.93. The van der Waals surface area contributed by atoms with Gasteiger partial charge in [0.1, 0.15) is 11.5 Å². The Morgan fingerprint density at radius 1 is 0.919 bits per heavy atom. The van der Waals surface area contributed by atoms with Gasteiger partial charge in [-0.3, -0.25) is 4.79 Å². The molecule has 1 aromatic heterocycles. The van der Waals surface area contributed by atoms with Gasteiger partial charge in [0.25, 0.3) is 5.56 Å². The molecule has 1 heterocycles. The van der Waals surface area contributed by atoms with E-state index in [9.17, 15) is 9.59 Å². The zero-order chi connectivity index (χ0) is 25.8. The van der Waals surface area contributed by atoms with Crippen molar-refractivity contribution in [3.8, 4) is 22.9 Å². The van der Waals surface area contributed by atoms with Crippen LogP contribution >= 0.6 is 15.9 Å². The van der Waals surface area contributed by atoms with Crippen LogP contribution in [-0.4, -0.2) is 29.0 Å². The molecule has 0 bridgehead atoms. The number of hydrogen-bond acceptors (Lipinski definition) is 6. The van der Waals surface area contributed by atoms with E-state index in [0.29, 0.717) is 39.4 Å². The molecule has 37 heavy (non-hydrogen) atoms. The Morgan fingerprint density at radius 2 is 1.62 bits per heavy atom. The molecule has 0 radical (unpaired) electrons. The van der Waals surface area contributed by atoms with Gasteiger partial charge in [0.2, 0.25) is 0 Å². The van der Waals surface area contributed by atoms with E-state index in [1.165, 1.54) is 10.9 Å². The predicted molar refractivity (Wildman–Crippen MR) is 147 cm³/mol. The molecule has 0 saturated carbocycles. The maximum atomic E-state index is 13.4. The molecular formula is C29H20BrN3O4. The van der Waals surface area contributed by atoms with Crippen LogP contribution in [0.3, 0.4) is 0 Å². The Kier molecular flexibility index (Phi) is 6.91. The number of halogens is 1. The van der Waals surface area contributed by atoms with Gasteiger partial charge in [-0.25, -0.2) is 9.78 Å². The second kappa shape index (κ2) is 10.6. The largest absolute Gasteiger partial charge is 0.497 e. The molecule has 0 fully saturated rings. The Hall–Kier alpha value is -4.56. The average Bonchev–Trinajstić information content (AvgIpc) is 2.93. The van der Waals surface area contributed by atoms with Crippen molar-refractivity contribution in [1.29, 1.82) is 0 Å². The lowest BCUT2D eigenvalue weighted by Crippen LogP contribution is -2.20. The minimum atomic E-state index is -0.524. The SMILES string of the molecule is COc1ccc(C(=O)Oc2ccccc2C=Nn2c(-c3ccc(Br)cc3)nc3ccccc3c2=O)cc1. The summed E-state index contributed by atoms with van der Waals surface area (Å²) in [6, 6.07) is 28.2. The normalized spacial score (nSPS) is 11.1. The molecule has 8 heteroatoms. The topological polar surface area (TPSA) is 82.8 Å². The van der Waals surface area contributed by atoms with Crippen LogP contribution in [0.4, 0.5) is 0 Å². The Balaban J connectivity index is 1.54. The van der Waals surface area contributed by atoms with Gasteiger partial charge in [-0.05, 0) is 60.7 Å². The number of hydrogen-bond donors (Lipinski definition) is 0. The van der Waals surface area contributed by atoms with E-state index in [-0.39, 0.29) is 5.56 Å². The molecule has 0 aliphatic carbocycles. The summed E-state index contributed by atoms with van der Waals surface area (Å²) < 4.78 is 12.9. The number of rotatable bonds is 6. The number of esters is 1. The van der Waals surface area contributed by atoms with E-state index in [1.54, 1.807) is 73.8 Å². The third kappa shape index (κ3) is 5.19. The first-order valence-electron chi connectivity index (χ1n) is 11.3. The Bertz CT molecular complexity index is 1680. The summed E-state index contributed by atoms with van der Waals surface area (Å²) in [5.74, 6) is 0.808. The third-order valence-corrected chi connectivity index (χ3v) is 6.14. The molecule has 182 valence electrons. The van der Waals surface area contributed by atoms with Crippen LogP contribution in [0.25, 0.3) is 22.3 Å². The fraction of sp³-hybridized carbons (Fsp3) is 0.0345. The molecule has 0 spiro atoms. The van der Waals surface area contributed by atoms with E-state index in [2.05, 4.69) is 21.0 Å². The van der Waals surface area contributed by atoms with Gasteiger partial charge in [-0.15, -0.1) is 0 Å². The number of benzene rings is 4. The highest BCUT2D eigenvalue weighted by molar-refractivity contribution is 9.10. The van der Waals surface area contributed by atoms with Gasteiger partial charge < -0.3 is 9.47 Å². The molecular weight excluding hydrogens is 534 g/mol. The van der Waals surface area contributed by atoms with Crippen molar-refractivity contribution in [3.05, 3.63) is 123 Å². The van der Waals surface area contributed by atoms with E-state index >= 15 is 0 Å². The van der Waals surface area contributed by atoms with Crippen LogP contribution in [0, 0.1) is 0 Å². The van der Waals surface area contributed by atoms with Gasteiger partial charge in [0, 0.05) is 15.6 Å². The fourth-order valence-electron chi connectivity index (χ4n) is 3.70. The number of nitrogens with zero attached hydrogens (tertiary/aromatic N) is 3. The molecule has 7 nitrogen and oxygen atoms in total. The lowest BCUT2D eigenvalue weighted by atomic mass is 10.2. The number of fused-ring (bicyclic) bond motifs is 1. The van der Waals surface area contributed by atoms with Crippen LogP contribution in [0.5, 0.6) is 11.5 Å². The van der Waals surface area contributed by atoms with Gasteiger partial charge in [0.05, 0.1) is 29.8 Å². The van der Waals surface area contributed by atoms with E-state index < -0.39 is 5.97 Å². The van der Waals surface area contributed by atoms with E-state index in [0.717, 1.165) is 10.0 Å². The van der Waals surface area contributed by atoms with Crippen molar-refractivity contribution in [2.75, 3.05) is 7.11 Å². The molecule has 0 saturated heterocycles. The summed E-state index contributed by atoms with van der Waals surface area (Å²) >= 11 is 3.44. The van der Waals surface area contributed by atoms with Crippen molar-refractivity contribution in [1.82, 2.24) is 9.66 Å². The van der Waals surface area contributed by atoms with Crippen LogP contribution in [0.1, 0.15) is 15.9 Å². The summed E-state index contributed by atoms with van der Waals surface area (Å²) in [7, 11) is 1.56. The van der Waals surface area contributed by atoms with Crippen molar-refractivity contribution in [2.45, 2.75) is 0 Å². The molecule has 0 aliphatic rings. The third-order valence-electron chi connectivity index (χ3n) is 5.62. The number of aromatic nitrogens is 2. The number of carbonyl (C=O) groups is 1. The monoisotopic (exact) mass is 553 g/mol. The maximum Gasteiger partial charge on any atom is 0.343 e. The van der Waals surface area contributed by atoms with Gasteiger partial charge in [-0.1, -0.05) is 52.3 Å². The van der Waals surface area contributed by atoms with E-state index in [1.807, 2.05) is 30.3 Å². The average molecular weight is 554 g/mol. The maximum absolute atomic E-state index is 13.4. The van der Waals surface area contributed by atoms with Crippen molar-refractivity contribution < 1.29 is 14.3 Å². The second-order valence-corrected chi connectivity index (χ2v) is 8.89. The Labute approximate surface area is 220 Å². The smallest absolute Gasteiger partial charge is 0.343 e. The quantitative estimate of drug-likeness (QED) is 0.148. The predicted octanol–water partition coefficient (Wildman–Crippen LogP) is 5.94. The second-order valence-electron chi connectivity index (χ2n) is 7.98. The molecule has 0 amide bonds. The minimum absolute atomic E-state index is 0.305. The lowest BCUT2D eigenvalue weighted by molar-refractivity contribution is 0.0734. The number of carbonyl (C=O) groups excluding carboxylic acids is 1. The standard InChI is InChI=1S/C29H20BrN3O4/c1-36-23-16-12-20(13-17-23)29(35)37-26-9-5-2-6-21(26)18-31-33-27(19-10-14-22(30)15-11-19)32-25-8-4-3-7-24(25)28(33)34/h2-18H,1H3. The molecule has 5 rings (SSSR count). The highest BCUT2D eigenvalue weighted by Crippen LogP contribution is 2.23. The zero-order valence-electron chi connectivity index (χ0n) is 19.7. The molecule has 0 unspecified atom stereocenters. The summed E-state index contributed by atoms with van der Waals surface area (Å²) in [6.45, 7) is 0. The lowest BCUT2D eigenvalue weighted by Gasteiger charge is -2.10. The molecule has 5 aromatic rings. The van der Waals surface area contributed by atoms with Gasteiger partial charge >= 0.3 is 5.97 Å². The van der Waals surface area contributed by atoms with Gasteiger partial charge in [0.15, 0.2) is 5.82 Å². The summed E-state index contributed by atoms with van der Waals surface area (Å²) in [4.78, 5) is 30.9. The first kappa shape index (κ1) is 24.1.